The zero-order chi connectivity index (χ0) is 14.8. The van der Waals surface area contributed by atoms with Gasteiger partial charge in [0.15, 0.2) is 0 Å². The van der Waals surface area contributed by atoms with Gasteiger partial charge in [0.25, 0.3) is 5.69 Å². The van der Waals surface area contributed by atoms with Gasteiger partial charge in [-0.1, -0.05) is 31.0 Å². The van der Waals surface area contributed by atoms with E-state index >= 15 is 0 Å². The van der Waals surface area contributed by atoms with Crippen molar-refractivity contribution >= 4 is 17.3 Å². The molecule has 0 amide bonds. The number of benzene rings is 1. The van der Waals surface area contributed by atoms with Crippen LogP contribution in [0.2, 0.25) is 5.02 Å². The molecule has 4 nitrogen and oxygen atoms in total. The molecule has 0 bridgehead atoms. The maximum atomic E-state index is 10.7. The van der Waals surface area contributed by atoms with Crippen molar-refractivity contribution in [3.8, 4) is 0 Å². The summed E-state index contributed by atoms with van der Waals surface area (Å²) >= 11 is 6.15. The second-order valence-corrected chi connectivity index (χ2v) is 6.33. The molecule has 0 aromatic heterocycles. The van der Waals surface area contributed by atoms with E-state index in [1.807, 2.05) is 0 Å². The number of hydrogen-bond donors (Lipinski definition) is 1. The number of nitro groups is 1. The van der Waals surface area contributed by atoms with Gasteiger partial charge in [-0.3, -0.25) is 10.1 Å². The van der Waals surface area contributed by atoms with E-state index in [1.54, 1.807) is 6.07 Å². The van der Waals surface area contributed by atoms with Crippen LogP contribution in [-0.4, -0.2) is 10.5 Å². The number of hydrogen-bond acceptors (Lipinski definition) is 3. The van der Waals surface area contributed by atoms with Gasteiger partial charge in [-0.15, -0.1) is 0 Å². The van der Waals surface area contributed by atoms with E-state index in [2.05, 4.69) is 6.92 Å². The summed E-state index contributed by atoms with van der Waals surface area (Å²) in [6.45, 7) is 2.22. The Morgan fingerprint density at radius 2 is 2.10 bits per heavy atom. The lowest BCUT2D eigenvalue weighted by Gasteiger charge is -2.37. The first-order chi connectivity index (χ1) is 9.43. The summed E-state index contributed by atoms with van der Waals surface area (Å²) < 4.78 is 0. The highest BCUT2D eigenvalue weighted by Gasteiger charge is 2.31. The lowest BCUT2D eigenvalue weighted by atomic mass is 9.73. The molecule has 0 unspecified atom stereocenters. The molecule has 1 fully saturated rings. The van der Waals surface area contributed by atoms with E-state index in [1.165, 1.54) is 18.6 Å². The van der Waals surface area contributed by atoms with E-state index < -0.39 is 4.92 Å². The topological polar surface area (TPSA) is 69.2 Å². The molecule has 20 heavy (non-hydrogen) atoms. The predicted octanol–water partition coefficient (Wildman–Crippen LogP) is 4.09. The van der Waals surface area contributed by atoms with Crippen molar-refractivity contribution in [2.75, 3.05) is 0 Å². The predicted molar refractivity (Wildman–Crippen MR) is 81.0 cm³/mol. The number of rotatable bonds is 4. The van der Waals surface area contributed by atoms with Gasteiger partial charge in [-0.2, -0.15) is 0 Å². The molecule has 1 aliphatic rings. The van der Waals surface area contributed by atoms with Crippen LogP contribution in [0.3, 0.4) is 0 Å². The monoisotopic (exact) mass is 296 g/mol. The first kappa shape index (κ1) is 15.3. The van der Waals surface area contributed by atoms with Crippen molar-refractivity contribution in [2.24, 2.45) is 11.7 Å². The van der Waals surface area contributed by atoms with Crippen molar-refractivity contribution in [1.29, 1.82) is 0 Å². The number of non-ortho nitro benzene ring substituents is 1. The molecule has 0 atom stereocenters. The van der Waals surface area contributed by atoms with Gasteiger partial charge < -0.3 is 5.73 Å². The van der Waals surface area contributed by atoms with Crippen LogP contribution in [0.1, 0.15) is 44.6 Å². The maximum absolute atomic E-state index is 10.7. The SMILES string of the molecule is CCC1CCC(N)(Cc2ccc([N+](=O)[O-])cc2Cl)CC1. The second-order valence-electron chi connectivity index (χ2n) is 5.92. The smallest absolute Gasteiger partial charge is 0.270 e. The molecule has 0 heterocycles. The summed E-state index contributed by atoms with van der Waals surface area (Å²) in [6, 6.07) is 4.65. The number of halogens is 1. The molecule has 0 aliphatic heterocycles. The third-order valence-corrected chi connectivity index (χ3v) is 4.82. The van der Waals surface area contributed by atoms with Crippen LogP contribution in [-0.2, 0) is 6.42 Å². The largest absolute Gasteiger partial charge is 0.325 e. The first-order valence-electron chi connectivity index (χ1n) is 7.15. The molecule has 2 rings (SSSR count). The summed E-state index contributed by atoms with van der Waals surface area (Å²) in [7, 11) is 0. The van der Waals surface area contributed by atoms with E-state index in [9.17, 15) is 10.1 Å². The summed E-state index contributed by atoms with van der Waals surface area (Å²) in [5.74, 6) is 0.791. The molecule has 5 heteroatoms. The molecule has 0 radical (unpaired) electrons. The lowest BCUT2D eigenvalue weighted by Crippen LogP contribution is -2.45. The van der Waals surface area contributed by atoms with Crippen LogP contribution in [0.4, 0.5) is 5.69 Å². The highest BCUT2D eigenvalue weighted by Crippen LogP contribution is 2.35. The molecule has 0 spiro atoms. The number of nitro benzene ring substituents is 1. The van der Waals surface area contributed by atoms with Crippen molar-refractivity contribution in [3.05, 3.63) is 38.9 Å². The second kappa shape index (κ2) is 6.10. The summed E-state index contributed by atoms with van der Waals surface area (Å²) in [5, 5.41) is 11.2. The first-order valence-corrected chi connectivity index (χ1v) is 7.53. The van der Waals surface area contributed by atoms with E-state index in [0.29, 0.717) is 11.4 Å². The highest BCUT2D eigenvalue weighted by atomic mass is 35.5. The van der Waals surface area contributed by atoms with Crippen molar-refractivity contribution in [1.82, 2.24) is 0 Å². The van der Waals surface area contributed by atoms with Crippen molar-refractivity contribution in [2.45, 2.75) is 51.0 Å². The molecule has 2 N–H and O–H groups in total. The van der Waals surface area contributed by atoms with Crippen LogP contribution in [0.5, 0.6) is 0 Å². The van der Waals surface area contributed by atoms with Crippen LogP contribution in [0, 0.1) is 16.0 Å². The molecular formula is C15H21ClN2O2. The van der Waals surface area contributed by atoms with Crippen LogP contribution >= 0.6 is 11.6 Å². The Morgan fingerprint density at radius 1 is 1.45 bits per heavy atom. The third-order valence-electron chi connectivity index (χ3n) is 4.47. The number of nitrogens with two attached hydrogens (primary N) is 1. The molecule has 1 aromatic rings. The molecule has 1 aliphatic carbocycles. The summed E-state index contributed by atoms with van der Waals surface area (Å²) in [5.41, 5.74) is 7.20. The minimum absolute atomic E-state index is 0.0273. The van der Waals surface area contributed by atoms with Gasteiger partial charge in [-0.05, 0) is 43.6 Å². The zero-order valence-corrected chi connectivity index (χ0v) is 12.5. The van der Waals surface area contributed by atoms with Crippen LogP contribution in [0.15, 0.2) is 18.2 Å². The summed E-state index contributed by atoms with van der Waals surface area (Å²) in [6.07, 6.45) is 6.24. The fourth-order valence-corrected chi connectivity index (χ4v) is 3.25. The van der Waals surface area contributed by atoms with E-state index in [4.69, 9.17) is 17.3 Å². The Bertz CT molecular complexity index is 497. The standard InChI is InChI=1S/C15H21ClN2O2/c1-2-11-5-7-15(17,8-6-11)10-12-3-4-13(18(19)20)9-14(12)16/h3-4,9,11H,2,5-8,10,17H2,1H3. The van der Waals surface area contributed by atoms with Gasteiger partial charge in [0.2, 0.25) is 0 Å². The van der Waals surface area contributed by atoms with Gasteiger partial charge in [0.1, 0.15) is 0 Å². The quantitative estimate of drug-likeness (QED) is 0.672. The Labute approximate surface area is 124 Å². The fourth-order valence-electron chi connectivity index (χ4n) is 3.01. The fraction of sp³-hybridized carbons (Fsp3) is 0.600. The Kier molecular flexibility index (Phi) is 4.66. The Morgan fingerprint density at radius 3 is 2.60 bits per heavy atom. The lowest BCUT2D eigenvalue weighted by molar-refractivity contribution is -0.384. The summed E-state index contributed by atoms with van der Waals surface area (Å²) in [4.78, 5) is 10.3. The van der Waals surface area contributed by atoms with E-state index in [0.717, 1.165) is 37.2 Å². The van der Waals surface area contributed by atoms with Crippen molar-refractivity contribution < 1.29 is 4.92 Å². The average molecular weight is 297 g/mol. The van der Waals surface area contributed by atoms with Crippen LogP contribution < -0.4 is 5.73 Å². The average Bonchev–Trinajstić information content (AvgIpc) is 2.41. The normalized spacial score (nSPS) is 26.4. The molecule has 1 aromatic carbocycles. The minimum atomic E-state index is -0.430. The molecular weight excluding hydrogens is 276 g/mol. The Balaban J connectivity index is 2.08. The third kappa shape index (κ3) is 3.49. The molecule has 110 valence electrons. The van der Waals surface area contributed by atoms with Gasteiger partial charge >= 0.3 is 0 Å². The van der Waals surface area contributed by atoms with E-state index in [-0.39, 0.29) is 11.2 Å². The Hall–Kier alpha value is -1.13. The van der Waals surface area contributed by atoms with Gasteiger partial charge in [0, 0.05) is 17.7 Å². The highest BCUT2D eigenvalue weighted by molar-refractivity contribution is 6.31. The minimum Gasteiger partial charge on any atom is -0.325 e. The molecule has 1 saturated carbocycles. The van der Waals surface area contributed by atoms with Gasteiger partial charge in [0.05, 0.1) is 9.95 Å². The van der Waals surface area contributed by atoms with Crippen LogP contribution in [0.25, 0.3) is 0 Å². The van der Waals surface area contributed by atoms with Crippen molar-refractivity contribution in [3.63, 3.8) is 0 Å². The van der Waals surface area contributed by atoms with Gasteiger partial charge in [-0.25, -0.2) is 0 Å². The zero-order valence-electron chi connectivity index (χ0n) is 11.8. The maximum Gasteiger partial charge on any atom is 0.270 e. The number of nitrogens with zero attached hydrogens (tertiary/aromatic N) is 1. The molecule has 0 saturated heterocycles.